The quantitative estimate of drug-likeness (QED) is 0.312. The first kappa shape index (κ1) is 12.4. The van der Waals surface area contributed by atoms with Crippen LogP contribution in [0.5, 0.6) is 0 Å². The fourth-order valence-corrected chi connectivity index (χ4v) is 1.68. The minimum Gasteiger partial charge on any atom is -0.409 e. The Hall–Kier alpha value is -2.04. The van der Waals surface area contributed by atoms with Gasteiger partial charge in [-0.15, -0.1) is 0 Å². The van der Waals surface area contributed by atoms with E-state index in [1.807, 2.05) is 12.1 Å². The molecule has 0 heterocycles. The molecule has 1 amide bonds. The normalized spacial score (nSPS) is 15.4. The summed E-state index contributed by atoms with van der Waals surface area (Å²) in [7, 11) is 0. The maximum atomic E-state index is 11.6. The average Bonchev–Trinajstić information content (AvgIpc) is 3.20. The van der Waals surface area contributed by atoms with E-state index in [2.05, 4.69) is 10.5 Å². The lowest BCUT2D eigenvalue weighted by Gasteiger charge is -2.05. The molecule has 1 fully saturated rings. The molecule has 1 aliphatic carbocycles. The van der Waals surface area contributed by atoms with Crippen molar-refractivity contribution in [2.45, 2.75) is 19.3 Å². The molecule has 18 heavy (non-hydrogen) atoms. The number of oxime groups is 1. The smallest absolute Gasteiger partial charge is 0.224 e. The first-order valence-electron chi connectivity index (χ1n) is 6.02. The fourth-order valence-electron chi connectivity index (χ4n) is 1.68. The zero-order valence-corrected chi connectivity index (χ0v) is 10.1. The van der Waals surface area contributed by atoms with Gasteiger partial charge in [0.05, 0.1) is 6.42 Å². The maximum absolute atomic E-state index is 11.6. The van der Waals surface area contributed by atoms with Crippen LogP contribution in [0.4, 0.5) is 0 Å². The van der Waals surface area contributed by atoms with Crippen LogP contribution in [-0.2, 0) is 11.2 Å². The molecule has 1 aromatic carbocycles. The van der Waals surface area contributed by atoms with E-state index in [0.29, 0.717) is 17.9 Å². The van der Waals surface area contributed by atoms with Crippen molar-refractivity contribution in [3.05, 3.63) is 35.4 Å². The van der Waals surface area contributed by atoms with Crippen molar-refractivity contribution in [3.8, 4) is 0 Å². The van der Waals surface area contributed by atoms with Gasteiger partial charge in [-0.05, 0) is 24.3 Å². The number of carbonyl (C=O) groups is 1. The van der Waals surface area contributed by atoms with E-state index in [1.165, 1.54) is 12.8 Å². The van der Waals surface area contributed by atoms with Gasteiger partial charge in [0, 0.05) is 12.1 Å². The number of amidine groups is 1. The first-order valence-corrected chi connectivity index (χ1v) is 6.02. The van der Waals surface area contributed by atoms with E-state index in [0.717, 1.165) is 12.1 Å². The molecule has 0 bridgehead atoms. The molecule has 0 saturated heterocycles. The van der Waals surface area contributed by atoms with Crippen LogP contribution >= 0.6 is 0 Å². The third-order valence-corrected chi connectivity index (χ3v) is 3.01. The van der Waals surface area contributed by atoms with Gasteiger partial charge < -0.3 is 16.3 Å². The molecule has 4 N–H and O–H groups in total. The number of hydrogen-bond acceptors (Lipinski definition) is 3. The molecule has 0 radical (unpaired) electrons. The molecule has 1 saturated carbocycles. The lowest BCUT2D eigenvalue weighted by atomic mass is 10.1. The molecule has 0 aliphatic heterocycles. The highest BCUT2D eigenvalue weighted by Crippen LogP contribution is 2.27. The second-order valence-corrected chi connectivity index (χ2v) is 4.61. The predicted molar refractivity (Wildman–Crippen MR) is 68.4 cm³/mol. The van der Waals surface area contributed by atoms with Crippen LogP contribution in [0.3, 0.4) is 0 Å². The van der Waals surface area contributed by atoms with E-state index in [4.69, 9.17) is 10.9 Å². The Morgan fingerprint density at radius 1 is 1.39 bits per heavy atom. The van der Waals surface area contributed by atoms with Crippen molar-refractivity contribution < 1.29 is 10.0 Å². The summed E-state index contributed by atoms with van der Waals surface area (Å²) in [5.41, 5.74) is 7.01. The minimum absolute atomic E-state index is 0.0402. The molecule has 1 aromatic rings. The molecule has 5 nitrogen and oxygen atoms in total. The molecular formula is C13H17N3O2. The van der Waals surface area contributed by atoms with Gasteiger partial charge in [-0.2, -0.15) is 0 Å². The van der Waals surface area contributed by atoms with E-state index in [1.54, 1.807) is 12.1 Å². The number of nitrogens with one attached hydrogen (secondary N) is 1. The standard InChI is InChI=1S/C13H17N3O2/c14-13(16-18)11-5-3-9(4-6-11)7-12(17)15-8-10-1-2-10/h3-6,10,18H,1-2,7-8H2,(H2,14,16)(H,15,17). The molecule has 0 unspecified atom stereocenters. The van der Waals surface area contributed by atoms with Gasteiger partial charge in [0.2, 0.25) is 5.91 Å². The highest BCUT2D eigenvalue weighted by Gasteiger charge is 2.21. The highest BCUT2D eigenvalue weighted by atomic mass is 16.4. The Bertz CT molecular complexity index is 450. The molecule has 5 heteroatoms. The van der Waals surface area contributed by atoms with Crippen LogP contribution in [0, 0.1) is 5.92 Å². The van der Waals surface area contributed by atoms with Crippen LogP contribution in [0.15, 0.2) is 29.4 Å². The van der Waals surface area contributed by atoms with Gasteiger partial charge in [-0.25, -0.2) is 0 Å². The number of benzene rings is 1. The third kappa shape index (κ3) is 3.48. The van der Waals surface area contributed by atoms with Crippen molar-refractivity contribution >= 4 is 11.7 Å². The Labute approximate surface area is 106 Å². The highest BCUT2D eigenvalue weighted by molar-refractivity contribution is 5.97. The Kier molecular flexibility index (Phi) is 3.82. The van der Waals surface area contributed by atoms with Crippen molar-refractivity contribution in [2.24, 2.45) is 16.8 Å². The molecular weight excluding hydrogens is 230 g/mol. The van der Waals surface area contributed by atoms with E-state index in [-0.39, 0.29) is 11.7 Å². The first-order chi connectivity index (χ1) is 8.69. The molecule has 0 aromatic heterocycles. The summed E-state index contributed by atoms with van der Waals surface area (Å²) in [4.78, 5) is 11.6. The maximum Gasteiger partial charge on any atom is 0.224 e. The van der Waals surface area contributed by atoms with E-state index >= 15 is 0 Å². The van der Waals surface area contributed by atoms with Crippen LogP contribution in [0.1, 0.15) is 24.0 Å². The lowest BCUT2D eigenvalue weighted by molar-refractivity contribution is -0.120. The van der Waals surface area contributed by atoms with Crippen LogP contribution < -0.4 is 11.1 Å². The minimum atomic E-state index is 0.0402. The predicted octanol–water partition coefficient (Wildman–Crippen LogP) is 0.850. The molecule has 2 rings (SSSR count). The molecule has 1 aliphatic rings. The largest absolute Gasteiger partial charge is 0.409 e. The Morgan fingerprint density at radius 2 is 2.06 bits per heavy atom. The molecule has 0 spiro atoms. The summed E-state index contributed by atoms with van der Waals surface area (Å²) in [6.07, 6.45) is 2.83. The summed E-state index contributed by atoms with van der Waals surface area (Å²) in [5, 5.41) is 14.4. The molecule has 96 valence electrons. The number of nitrogens with two attached hydrogens (primary N) is 1. The second-order valence-electron chi connectivity index (χ2n) is 4.61. The summed E-state index contributed by atoms with van der Waals surface area (Å²) in [5.74, 6) is 0.801. The van der Waals surface area contributed by atoms with Crippen LogP contribution in [0.2, 0.25) is 0 Å². The third-order valence-electron chi connectivity index (χ3n) is 3.01. The van der Waals surface area contributed by atoms with E-state index < -0.39 is 0 Å². The van der Waals surface area contributed by atoms with Gasteiger partial charge in [-0.3, -0.25) is 4.79 Å². The summed E-state index contributed by atoms with van der Waals surface area (Å²) < 4.78 is 0. The van der Waals surface area contributed by atoms with Gasteiger partial charge >= 0.3 is 0 Å². The van der Waals surface area contributed by atoms with Crippen molar-refractivity contribution in [1.82, 2.24) is 5.32 Å². The zero-order valence-electron chi connectivity index (χ0n) is 10.1. The topological polar surface area (TPSA) is 87.7 Å². The van der Waals surface area contributed by atoms with E-state index in [9.17, 15) is 4.79 Å². The Balaban J connectivity index is 1.86. The Morgan fingerprint density at radius 3 is 2.61 bits per heavy atom. The van der Waals surface area contributed by atoms with Gasteiger partial charge in [-0.1, -0.05) is 29.4 Å². The van der Waals surface area contributed by atoms with Crippen molar-refractivity contribution in [1.29, 1.82) is 0 Å². The second kappa shape index (κ2) is 5.53. The lowest BCUT2D eigenvalue weighted by Crippen LogP contribution is -2.27. The van der Waals surface area contributed by atoms with Crippen LogP contribution in [0.25, 0.3) is 0 Å². The number of carbonyl (C=O) groups excluding carboxylic acids is 1. The SMILES string of the molecule is NC(=NO)c1ccc(CC(=O)NCC2CC2)cc1. The van der Waals surface area contributed by atoms with Crippen molar-refractivity contribution in [2.75, 3.05) is 6.54 Å². The number of amides is 1. The fraction of sp³-hybridized carbons (Fsp3) is 0.385. The summed E-state index contributed by atoms with van der Waals surface area (Å²) in [6, 6.07) is 7.09. The summed E-state index contributed by atoms with van der Waals surface area (Å²) >= 11 is 0. The van der Waals surface area contributed by atoms with Gasteiger partial charge in [0.15, 0.2) is 5.84 Å². The van der Waals surface area contributed by atoms with Gasteiger partial charge in [0.1, 0.15) is 0 Å². The molecule has 0 atom stereocenters. The van der Waals surface area contributed by atoms with Crippen molar-refractivity contribution in [3.63, 3.8) is 0 Å². The van der Waals surface area contributed by atoms with Gasteiger partial charge in [0.25, 0.3) is 0 Å². The monoisotopic (exact) mass is 247 g/mol. The average molecular weight is 247 g/mol. The number of hydrogen-bond donors (Lipinski definition) is 3. The summed E-state index contributed by atoms with van der Waals surface area (Å²) in [6.45, 7) is 0.793. The zero-order chi connectivity index (χ0) is 13.0. The number of rotatable bonds is 5. The van der Waals surface area contributed by atoms with Crippen LogP contribution in [-0.4, -0.2) is 23.5 Å². The number of nitrogens with zero attached hydrogens (tertiary/aromatic N) is 1.